The molecule has 2 saturated carbocycles. The minimum atomic E-state index is -4.96. The number of rotatable bonds is 8. The molecule has 2 fully saturated rings. The van der Waals surface area contributed by atoms with Crippen molar-refractivity contribution in [2.75, 3.05) is 6.61 Å². The second-order valence-electron chi connectivity index (χ2n) is 7.53. The van der Waals surface area contributed by atoms with Gasteiger partial charge in [0.15, 0.2) is 11.6 Å². The first-order valence-electron chi connectivity index (χ1n) is 9.79. The molecule has 0 amide bonds. The molecule has 2 nitrogen and oxygen atoms in total. The second-order valence-corrected chi connectivity index (χ2v) is 7.53. The van der Waals surface area contributed by atoms with Crippen molar-refractivity contribution in [1.82, 2.24) is 0 Å². The molecule has 0 aliphatic heterocycles. The Morgan fingerprint density at radius 2 is 1.78 bits per heavy atom. The van der Waals surface area contributed by atoms with E-state index in [0.29, 0.717) is 24.7 Å². The summed E-state index contributed by atoms with van der Waals surface area (Å²) < 4.78 is 62.5. The fraction of sp³-hybridized carbons (Fsp3) is 0.619. The highest BCUT2D eigenvalue weighted by Crippen LogP contribution is 2.38. The summed E-state index contributed by atoms with van der Waals surface area (Å²) in [5.41, 5.74) is 0.209. The van der Waals surface area contributed by atoms with Crippen molar-refractivity contribution < 1.29 is 27.0 Å². The summed E-state index contributed by atoms with van der Waals surface area (Å²) in [6.07, 6.45) is 7.83. The molecule has 0 N–H and O–H groups in total. The van der Waals surface area contributed by atoms with E-state index in [9.17, 15) is 17.6 Å². The molecular weight excluding hydrogens is 360 g/mol. The van der Waals surface area contributed by atoms with Gasteiger partial charge >= 0.3 is 6.36 Å². The number of hydrogen-bond acceptors (Lipinski definition) is 2. The van der Waals surface area contributed by atoms with Crippen LogP contribution in [0.3, 0.4) is 0 Å². The lowest BCUT2D eigenvalue weighted by atomic mass is 9.85. The summed E-state index contributed by atoms with van der Waals surface area (Å²) >= 11 is 0. The number of hydrogen-bond donors (Lipinski definition) is 0. The topological polar surface area (TPSA) is 18.5 Å². The van der Waals surface area contributed by atoms with Gasteiger partial charge in [0.1, 0.15) is 0 Å². The minimum Gasteiger partial charge on any atom is -0.489 e. The summed E-state index contributed by atoms with van der Waals surface area (Å²) in [5, 5.41) is 0. The van der Waals surface area contributed by atoms with Crippen LogP contribution in [0.2, 0.25) is 0 Å². The zero-order chi connectivity index (χ0) is 19.3. The summed E-state index contributed by atoms with van der Waals surface area (Å²) in [6, 6.07) is 2.89. The lowest BCUT2D eigenvalue weighted by molar-refractivity contribution is -0.276. The molecule has 0 atom stereocenters. The van der Waals surface area contributed by atoms with Gasteiger partial charge in [-0.2, -0.15) is 0 Å². The molecule has 1 aromatic rings. The van der Waals surface area contributed by atoms with Crippen molar-refractivity contribution in [3.8, 4) is 11.5 Å². The van der Waals surface area contributed by atoms with Gasteiger partial charge in [-0.3, -0.25) is 0 Å². The van der Waals surface area contributed by atoms with E-state index in [0.717, 1.165) is 25.7 Å². The van der Waals surface area contributed by atoms with Gasteiger partial charge in [0, 0.05) is 0 Å². The SMILES string of the molecule is Fc1c(CC/C=C/C2CCC2)ccc(OCC2CCCC2)c1OC(F)(F)F. The van der Waals surface area contributed by atoms with Gasteiger partial charge in [-0.15, -0.1) is 13.2 Å². The van der Waals surface area contributed by atoms with Crippen LogP contribution in [0.25, 0.3) is 0 Å². The highest BCUT2D eigenvalue weighted by atomic mass is 19.4. The first-order valence-corrected chi connectivity index (χ1v) is 9.79. The van der Waals surface area contributed by atoms with E-state index in [1.165, 1.54) is 31.4 Å². The molecule has 2 aliphatic rings. The average Bonchev–Trinajstić information content (AvgIpc) is 3.07. The Balaban J connectivity index is 1.68. The molecule has 0 bridgehead atoms. The van der Waals surface area contributed by atoms with Gasteiger partial charge in [-0.1, -0.05) is 37.5 Å². The van der Waals surface area contributed by atoms with E-state index >= 15 is 0 Å². The highest BCUT2D eigenvalue weighted by molar-refractivity contribution is 5.45. The van der Waals surface area contributed by atoms with E-state index < -0.39 is 17.9 Å². The van der Waals surface area contributed by atoms with E-state index in [4.69, 9.17) is 4.74 Å². The smallest absolute Gasteiger partial charge is 0.489 e. The van der Waals surface area contributed by atoms with Crippen LogP contribution >= 0.6 is 0 Å². The summed E-state index contributed by atoms with van der Waals surface area (Å²) in [5.74, 6) is -1.09. The third kappa shape index (κ3) is 5.88. The number of benzene rings is 1. The molecular formula is C21H26F4O2. The molecule has 6 heteroatoms. The van der Waals surface area contributed by atoms with Crippen LogP contribution in [0, 0.1) is 17.7 Å². The van der Waals surface area contributed by atoms with Crippen LogP contribution in [-0.2, 0) is 6.42 Å². The molecule has 0 saturated heterocycles. The van der Waals surface area contributed by atoms with Crippen molar-refractivity contribution in [3.63, 3.8) is 0 Å². The van der Waals surface area contributed by atoms with Crippen LogP contribution in [0.5, 0.6) is 11.5 Å². The molecule has 27 heavy (non-hydrogen) atoms. The minimum absolute atomic E-state index is 0.175. The van der Waals surface area contributed by atoms with Crippen LogP contribution < -0.4 is 9.47 Å². The molecule has 0 aromatic heterocycles. The van der Waals surface area contributed by atoms with Gasteiger partial charge in [-0.05, 0) is 62.0 Å². The van der Waals surface area contributed by atoms with E-state index in [1.54, 1.807) is 0 Å². The maximum atomic E-state index is 14.7. The molecule has 0 radical (unpaired) electrons. The Kier molecular flexibility index (Phi) is 6.66. The van der Waals surface area contributed by atoms with Gasteiger partial charge in [-0.25, -0.2) is 4.39 Å². The maximum Gasteiger partial charge on any atom is 0.573 e. The lowest BCUT2D eigenvalue weighted by Crippen LogP contribution is -2.20. The first-order chi connectivity index (χ1) is 12.9. The Morgan fingerprint density at radius 1 is 1.04 bits per heavy atom. The molecule has 1 aromatic carbocycles. The Bertz CT molecular complexity index is 644. The van der Waals surface area contributed by atoms with Crippen LogP contribution in [0.4, 0.5) is 17.6 Å². The largest absolute Gasteiger partial charge is 0.573 e. The Labute approximate surface area is 157 Å². The molecule has 2 aliphatic carbocycles. The van der Waals surface area contributed by atoms with Crippen molar-refractivity contribution in [2.24, 2.45) is 11.8 Å². The Morgan fingerprint density at radius 3 is 2.41 bits per heavy atom. The van der Waals surface area contributed by atoms with Crippen molar-refractivity contribution in [1.29, 1.82) is 0 Å². The predicted molar refractivity (Wildman–Crippen MR) is 95.3 cm³/mol. The predicted octanol–water partition coefficient (Wildman–Crippen LogP) is 6.58. The number of ether oxygens (including phenoxy) is 2. The quantitative estimate of drug-likeness (QED) is 0.371. The van der Waals surface area contributed by atoms with Crippen LogP contribution in [0.15, 0.2) is 24.3 Å². The van der Waals surface area contributed by atoms with Gasteiger partial charge in [0.2, 0.25) is 5.75 Å². The highest BCUT2D eigenvalue weighted by Gasteiger charge is 2.35. The molecule has 150 valence electrons. The van der Waals surface area contributed by atoms with Crippen molar-refractivity contribution >= 4 is 0 Å². The van der Waals surface area contributed by atoms with Crippen molar-refractivity contribution in [3.05, 3.63) is 35.7 Å². The fourth-order valence-corrected chi connectivity index (χ4v) is 3.64. The number of halogens is 4. The Hall–Kier alpha value is -1.72. The molecule has 3 rings (SSSR count). The van der Waals surface area contributed by atoms with E-state index in [1.807, 2.05) is 6.08 Å². The standard InChI is InChI=1S/C21H26F4O2/c22-19-17(11-4-3-6-15-9-5-10-15)12-13-18(20(19)27-21(23,24)25)26-14-16-7-1-2-8-16/h3,6,12-13,15-16H,1-2,4-5,7-11,14H2/b6-3+. The van der Waals surface area contributed by atoms with Crippen LogP contribution in [0.1, 0.15) is 56.9 Å². The summed E-state index contributed by atoms with van der Waals surface area (Å²) in [6.45, 7) is 0.289. The summed E-state index contributed by atoms with van der Waals surface area (Å²) in [4.78, 5) is 0. The monoisotopic (exact) mass is 386 g/mol. The van der Waals surface area contributed by atoms with Gasteiger partial charge < -0.3 is 9.47 Å². The lowest BCUT2D eigenvalue weighted by Gasteiger charge is -2.21. The van der Waals surface area contributed by atoms with Crippen LogP contribution in [-0.4, -0.2) is 13.0 Å². The van der Waals surface area contributed by atoms with Gasteiger partial charge in [0.05, 0.1) is 6.61 Å². The average molecular weight is 386 g/mol. The van der Waals surface area contributed by atoms with Crippen molar-refractivity contribution in [2.45, 2.75) is 64.1 Å². The normalized spacial score (nSPS) is 18.8. The zero-order valence-corrected chi connectivity index (χ0v) is 15.4. The van der Waals surface area contributed by atoms with E-state index in [2.05, 4.69) is 10.8 Å². The third-order valence-electron chi connectivity index (χ3n) is 5.45. The molecule has 0 unspecified atom stereocenters. The summed E-state index contributed by atoms with van der Waals surface area (Å²) in [7, 11) is 0. The zero-order valence-electron chi connectivity index (χ0n) is 15.4. The van der Waals surface area contributed by atoms with Gasteiger partial charge in [0.25, 0.3) is 0 Å². The maximum absolute atomic E-state index is 14.7. The molecule has 0 heterocycles. The molecule has 0 spiro atoms. The van der Waals surface area contributed by atoms with E-state index in [-0.39, 0.29) is 17.9 Å². The fourth-order valence-electron chi connectivity index (χ4n) is 3.64. The second kappa shape index (κ2) is 8.98. The third-order valence-corrected chi connectivity index (χ3v) is 5.45. The number of allylic oxidation sites excluding steroid dienone is 2. The number of aryl methyl sites for hydroxylation is 1. The first kappa shape index (κ1) is 20.0. The number of alkyl halides is 3.